The largest absolute Gasteiger partial charge is 0.481 e. The Morgan fingerprint density at radius 1 is 0.857 bits per heavy atom. The Balaban J connectivity index is 1.10. The Morgan fingerprint density at radius 2 is 1.49 bits per heavy atom. The molecule has 0 saturated heterocycles. The molecule has 178 valence electrons. The Morgan fingerprint density at radius 3 is 2.09 bits per heavy atom. The van der Waals surface area contributed by atoms with Gasteiger partial charge in [-0.15, -0.1) is 0 Å². The number of alkyl carbamates (subject to hydrolysis) is 1. The van der Waals surface area contributed by atoms with Crippen LogP contribution in [0.4, 0.5) is 4.79 Å². The van der Waals surface area contributed by atoms with Crippen LogP contribution in [0.15, 0.2) is 72.8 Å². The van der Waals surface area contributed by atoms with Crippen molar-refractivity contribution in [2.75, 3.05) is 13.2 Å². The van der Waals surface area contributed by atoms with Gasteiger partial charge in [0.25, 0.3) is 5.91 Å². The van der Waals surface area contributed by atoms with Crippen molar-refractivity contribution in [2.24, 2.45) is 11.8 Å². The molecule has 0 spiro atoms. The Bertz CT molecular complexity index is 1220. The van der Waals surface area contributed by atoms with E-state index in [1.54, 1.807) is 24.3 Å². The van der Waals surface area contributed by atoms with Crippen molar-refractivity contribution in [3.8, 4) is 11.1 Å². The predicted octanol–water partition coefficient (Wildman–Crippen LogP) is 4.18. The molecular formula is C28H26N2O5. The molecule has 2 aliphatic carbocycles. The van der Waals surface area contributed by atoms with E-state index >= 15 is 0 Å². The van der Waals surface area contributed by atoms with Gasteiger partial charge in [-0.1, -0.05) is 60.7 Å². The lowest BCUT2D eigenvalue weighted by Gasteiger charge is -2.14. The second-order valence-electron chi connectivity index (χ2n) is 9.03. The summed E-state index contributed by atoms with van der Waals surface area (Å²) in [5.74, 6) is -1.37. The van der Waals surface area contributed by atoms with Crippen molar-refractivity contribution in [3.05, 3.63) is 95.1 Å². The number of ether oxygens (including phenoxy) is 1. The Labute approximate surface area is 203 Å². The Kier molecular flexibility index (Phi) is 6.23. The normalized spacial score (nSPS) is 17.7. The molecule has 7 nitrogen and oxygen atoms in total. The highest BCUT2D eigenvalue weighted by atomic mass is 16.5. The monoisotopic (exact) mass is 470 g/mol. The number of hydrogen-bond donors (Lipinski definition) is 3. The minimum atomic E-state index is -0.808. The summed E-state index contributed by atoms with van der Waals surface area (Å²) >= 11 is 0. The highest BCUT2D eigenvalue weighted by Crippen LogP contribution is 2.44. The molecule has 0 bridgehead atoms. The van der Waals surface area contributed by atoms with Crippen LogP contribution in [-0.2, 0) is 16.1 Å². The molecular weight excluding hydrogens is 444 g/mol. The van der Waals surface area contributed by atoms with Crippen LogP contribution in [0, 0.1) is 11.8 Å². The lowest BCUT2D eigenvalue weighted by atomic mass is 9.98. The number of hydrogen-bond acceptors (Lipinski definition) is 4. The Hall–Kier alpha value is -4.13. The summed E-state index contributed by atoms with van der Waals surface area (Å²) < 4.78 is 5.55. The number of nitrogens with one attached hydrogen (secondary N) is 2. The van der Waals surface area contributed by atoms with Gasteiger partial charge in [0.1, 0.15) is 6.61 Å². The van der Waals surface area contributed by atoms with Crippen LogP contribution >= 0.6 is 0 Å². The molecule has 0 heterocycles. The topological polar surface area (TPSA) is 105 Å². The molecule has 1 saturated carbocycles. The van der Waals surface area contributed by atoms with Gasteiger partial charge in [-0.05, 0) is 52.3 Å². The second kappa shape index (κ2) is 9.62. The molecule has 0 radical (unpaired) electrons. The molecule has 2 atom stereocenters. The molecule has 5 rings (SSSR count). The van der Waals surface area contributed by atoms with Gasteiger partial charge in [-0.2, -0.15) is 0 Å². The molecule has 0 aromatic heterocycles. The fourth-order valence-corrected chi connectivity index (χ4v) is 4.70. The van der Waals surface area contributed by atoms with Crippen molar-refractivity contribution in [2.45, 2.75) is 18.9 Å². The summed E-state index contributed by atoms with van der Waals surface area (Å²) in [5.41, 5.74) is 6.01. The zero-order valence-electron chi connectivity index (χ0n) is 19.1. The number of fused-ring (bicyclic) bond motifs is 3. The third kappa shape index (κ3) is 4.89. The van der Waals surface area contributed by atoms with Crippen molar-refractivity contribution >= 4 is 18.0 Å². The third-order valence-corrected chi connectivity index (χ3v) is 6.76. The molecule has 35 heavy (non-hydrogen) atoms. The van der Waals surface area contributed by atoms with E-state index in [4.69, 9.17) is 9.84 Å². The summed E-state index contributed by atoms with van der Waals surface area (Å²) in [4.78, 5) is 35.5. The van der Waals surface area contributed by atoms with E-state index in [1.807, 2.05) is 24.3 Å². The first-order valence-electron chi connectivity index (χ1n) is 11.7. The molecule has 0 aliphatic heterocycles. The van der Waals surface area contributed by atoms with Crippen molar-refractivity contribution in [1.29, 1.82) is 0 Å². The van der Waals surface area contributed by atoms with Gasteiger partial charge in [0.15, 0.2) is 0 Å². The number of aliphatic carboxylic acids is 1. The molecule has 7 heteroatoms. The van der Waals surface area contributed by atoms with E-state index in [-0.39, 0.29) is 36.8 Å². The fraction of sp³-hybridized carbons (Fsp3) is 0.250. The maximum atomic E-state index is 12.4. The van der Waals surface area contributed by atoms with Gasteiger partial charge < -0.3 is 20.5 Å². The number of carboxylic acids is 1. The van der Waals surface area contributed by atoms with Gasteiger partial charge in [0.2, 0.25) is 0 Å². The van der Waals surface area contributed by atoms with E-state index in [0.29, 0.717) is 18.5 Å². The number of amides is 2. The first-order chi connectivity index (χ1) is 17.0. The van der Waals surface area contributed by atoms with E-state index < -0.39 is 12.1 Å². The lowest BCUT2D eigenvalue weighted by Crippen LogP contribution is -2.27. The van der Waals surface area contributed by atoms with Gasteiger partial charge in [-0.25, -0.2) is 4.79 Å². The number of rotatable bonds is 8. The molecule has 3 aromatic rings. The first-order valence-corrected chi connectivity index (χ1v) is 11.7. The molecule has 3 N–H and O–H groups in total. The van der Waals surface area contributed by atoms with Crippen molar-refractivity contribution < 1.29 is 24.2 Å². The van der Waals surface area contributed by atoms with Crippen molar-refractivity contribution in [1.82, 2.24) is 10.6 Å². The molecule has 2 unspecified atom stereocenters. The van der Waals surface area contributed by atoms with Crippen LogP contribution in [0.1, 0.15) is 39.4 Å². The zero-order chi connectivity index (χ0) is 24.4. The quantitative estimate of drug-likeness (QED) is 0.458. The van der Waals surface area contributed by atoms with Crippen LogP contribution in [0.3, 0.4) is 0 Å². The third-order valence-electron chi connectivity index (χ3n) is 6.76. The predicted molar refractivity (Wildman–Crippen MR) is 130 cm³/mol. The standard InChI is InChI=1S/C28H26N2O5/c31-26(29-15-19-13-24(19)27(32)33)18-11-9-17(10-12-18)14-30-28(34)35-16-25-22-7-3-1-5-20(22)21-6-2-4-8-23(21)25/h1-12,19,24-25H,13-16H2,(H,29,31)(H,30,34)(H,32,33). The summed E-state index contributed by atoms with van der Waals surface area (Å²) in [7, 11) is 0. The van der Waals surface area contributed by atoms with E-state index in [1.165, 1.54) is 11.1 Å². The number of carbonyl (C=O) groups excluding carboxylic acids is 2. The van der Waals surface area contributed by atoms with E-state index in [9.17, 15) is 14.4 Å². The first kappa shape index (κ1) is 22.7. The smallest absolute Gasteiger partial charge is 0.407 e. The highest BCUT2D eigenvalue weighted by Gasteiger charge is 2.43. The second-order valence-corrected chi connectivity index (χ2v) is 9.03. The maximum Gasteiger partial charge on any atom is 0.407 e. The van der Waals surface area contributed by atoms with Crippen LogP contribution in [0.25, 0.3) is 11.1 Å². The number of carboxylic acid groups (broad SMARTS) is 1. The molecule has 3 aromatic carbocycles. The minimum Gasteiger partial charge on any atom is -0.481 e. The molecule has 2 amide bonds. The van der Waals surface area contributed by atoms with Gasteiger partial charge in [0, 0.05) is 24.6 Å². The molecule has 2 aliphatic rings. The summed E-state index contributed by atoms with van der Waals surface area (Å²) in [5, 5.41) is 14.5. The lowest BCUT2D eigenvalue weighted by molar-refractivity contribution is -0.138. The zero-order valence-corrected chi connectivity index (χ0v) is 19.1. The van der Waals surface area contributed by atoms with E-state index in [2.05, 4.69) is 34.9 Å². The number of benzene rings is 3. The van der Waals surface area contributed by atoms with Gasteiger partial charge in [0.05, 0.1) is 5.92 Å². The van der Waals surface area contributed by atoms with E-state index in [0.717, 1.165) is 16.7 Å². The van der Waals surface area contributed by atoms with Crippen LogP contribution in [0.2, 0.25) is 0 Å². The summed E-state index contributed by atoms with van der Waals surface area (Å²) in [6.45, 7) is 0.893. The average molecular weight is 471 g/mol. The average Bonchev–Trinajstić information content (AvgIpc) is 3.60. The molecule has 1 fully saturated rings. The minimum absolute atomic E-state index is 0.00682. The maximum absolute atomic E-state index is 12.4. The van der Waals surface area contributed by atoms with Crippen molar-refractivity contribution in [3.63, 3.8) is 0 Å². The van der Waals surface area contributed by atoms with Crippen LogP contribution in [0.5, 0.6) is 0 Å². The van der Waals surface area contributed by atoms with Crippen LogP contribution < -0.4 is 10.6 Å². The number of carbonyl (C=O) groups is 3. The summed E-state index contributed by atoms with van der Waals surface area (Å²) in [6, 6.07) is 23.3. The summed E-state index contributed by atoms with van der Waals surface area (Å²) in [6.07, 6.45) is 0.113. The van der Waals surface area contributed by atoms with Gasteiger partial charge in [-0.3, -0.25) is 9.59 Å². The fourth-order valence-electron chi connectivity index (χ4n) is 4.70. The highest BCUT2D eigenvalue weighted by molar-refractivity contribution is 5.94. The van der Waals surface area contributed by atoms with Crippen LogP contribution in [-0.4, -0.2) is 36.2 Å². The van der Waals surface area contributed by atoms with Gasteiger partial charge >= 0.3 is 12.1 Å². The SMILES string of the molecule is O=C(NCc1ccc(C(=O)NCC2CC2C(=O)O)cc1)OCC1c2ccccc2-c2ccccc21.